The number of ether oxygens (including phenoxy) is 1. The maximum Gasteiger partial charge on any atom is 0.387 e. The third-order valence-electron chi connectivity index (χ3n) is 4.98. The van der Waals surface area contributed by atoms with E-state index in [4.69, 9.17) is 0 Å². The Morgan fingerprint density at radius 1 is 1.10 bits per heavy atom. The highest BCUT2D eigenvalue weighted by Crippen LogP contribution is 2.27. The van der Waals surface area contributed by atoms with Gasteiger partial charge in [0.05, 0.1) is 17.1 Å². The molecule has 0 aliphatic carbocycles. The lowest BCUT2D eigenvalue weighted by atomic mass is 10.2. The van der Waals surface area contributed by atoms with E-state index in [2.05, 4.69) is 15.4 Å². The number of sulfonamides is 1. The number of hydrogen-bond donors (Lipinski definition) is 2. The Morgan fingerprint density at radius 2 is 1.81 bits per heavy atom. The van der Waals surface area contributed by atoms with Crippen LogP contribution in [0, 0.1) is 6.92 Å². The van der Waals surface area contributed by atoms with E-state index >= 15 is 0 Å². The predicted octanol–water partition coefficient (Wildman–Crippen LogP) is 3.82. The lowest BCUT2D eigenvalue weighted by Gasteiger charge is -2.26. The Kier molecular flexibility index (Phi) is 7.45. The van der Waals surface area contributed by atoms with Crippen molar-refractivity contribution < 1.29 is 26.7 Å². The monoisotopic (exact) mass is 453 g/mol. The van der Waals surface area contributed by atoms with Crippen LogP contribution in [0.5, 0.6) is 5.75 Å². The van der Waals surface area contributed by atoms with Crippen molar-refractivity contribution in [3.8, 4) is 5.75 Å². The number of para-hydroxylation sites is 2. The van der Waals surface area contributed by atoms with Crippen molar-refractivity contribution in [3.63, 3.8) is 0 Å². The van der Waals surface area contributed by atoms with Gasteiger partial charge in [0.25, 0.3) is 0 Å². The Bertz CT molecular complexity index is 1030. The molecule has 2 N–H and O–H groups in total. The van der Waals surface area contributed by atoms with E-state index in [1.807, 2.05) is 0 Å². The lowest BCUT2D eigenvalue weighted by molar-refractivity contribution is -0.114. The highest BCUT2D eigenvalue weighted by molar-refractivity contribution is 7.89. The van der Waals surface area contributed by atoms with Gasteiger partial charge in [-0.15, -0.1) is 0 Å². The van der Waals surface area contributed by atoms with E-state index in [0.717, 1.165) is 19.3 Å². The number of benzene rings is 2. The van der Waals surface area contributed by atoms with Gasteiger partial charge in [0.2, 0.25) is 15.9 Å². The molecule has 31 heavy (non-hydrogen) atoms. The molecule has 3 rings (SSSR count). The highest BCUT2D eigenvalue weighted by atomic mass is 32.2. The molecule has 0 unspecified atom stereocenters. The summed E-state index contributed by atoms with van der Waals surface area (Å²) < 4.78 is 56.7. The number of rotatable bonds is 8. The number of nitrogens with one attached hydrogen (secondary N) is 2. The molecule has 1 aliphatic rings. The van der Waals surface area contributed by atoms with Crippen LogP contribution in [0.2, 0.25) is 0 Å². The van der Waals surface area contributed by atoms with Crippen molar-refractivity contribution in [1.29, 1.82) is 0 Å². The van der Waals surface area contributed by atoms with Crippen LogP contribution in [-0.4, -0.2) is 44.9 Å². The van der Waals surface area contributed by atoms with E-state index in [0.29, 0.717) is 24.3 Å². The zero-order valence-corrected chi connectivity index (χ0v) is 17.9. The van der Waals surface area contributed by atoms with Crippen molar-refractivity contribution in [2.75, 3.05) is 30.3 Å². The van der Waals surface area contributed by atoms with Crippen LogP contribution in [0.3, 0.4) is 0 Å². The molecule has 1 heterocycles. The van der Waals surface area contributed by atoms with Crippen molar-refractivity contribution >= 4 is 27.3 Å². The molecule has 2 aromatic rings. The van der Waals surface area contributed by atoms with E-state index in [9.17, 15) is 22.0 Å². The van der Waals surface area contributed by atoms with Crippen LogP contribution in [0.1, 0.15) is 24.8 Å². The average molecular weight is 454 g/mol. The maximum absolute atomic E-state index is 12.9. The third kappa shape index (κ3) is 5.92. The van der Waals surface area contributed by atoms with Crippen molar-refractivity contribution in [1.82, 2.24) is 4.31 Å². The van der Waals surface area contributed by atoms with Gasteiger partial charge in [0.15, 0.2) is 0 Å². The Labute approximate surface area is 180 Å². The van der Waals surface area contributed by atoms with Gasteiger partial charge in [-0.05, 0) is 49.6 Å². The second kappa shape index (κ2) is 10.1. The third-order valence-corrected chi connectivity index (χ3v) is 6.87. The smallest absolute Gasteiger partial charge is 0.387 e. The SMILES string of the molecule is Cc1ccc(S(=O)(=O)N2CCCCC2)cc1NC(=O)CNc1ccccc1OC(F)F. The van der Waals surface area contributed by atoms with Crippen LogP contribution in [0.15, 0.2) is 47.4 Å². The highest BCUT2D eigenvalue weighted by Gasteiger charge is 2.26. The molecule has 7 nitrogen and oxygen atoms in total. The molecule has 0 spiro atoms. The summed E-state index contributed by atoms with van der Waals surface area (Å²) in [6.45, 7) is -0.466. The number of carbonyl (C=O) groups is 1. The quantitative estimate of drug-likeness (QED) is 0.635. The fourth-order valence-electron chi connectivity index (χ4n) is 3.33. The van der Waals surface area contributed by atoms with Gasteiger partial charge in [-0.25, -0.2) is 8.42 Å². The summed E-state index contributed by atoms with van der Waals surface area (Å²) in [4.78, 5) is 12.5. The summed E-state index contributed by atoms with van der Waals surface area (Å²) in [6.07, 6.45) is 2.67. The van der Waals surface area contributed by atoms with Gasteiger partial charge < -0.3 is 15.4 Å². The molecule has 0 aromatic heterocycles. The molecule has 0 bridgehead atoms. The molecule has 0 radical (unpaired) electrons. The molecular weight excluding hydrogens is 428 g/mol. The lowest BCUT2D eigenvalue weighted by Crippen LogP contribution is -2.35. The summed E-state index contributed by atoms with van der Waals surface area (Å²) in [5.74, 6) is -0.529. The first-order valence-corrected chi connectivity index (χ1v) is 11.4. The molecule has 1 fully saturated rings. The molecule has 10 heteroatoms. The first-order valence-electron chi connectivity index (χ1n) is 9.96. The first kappa shape index (κ1) is 23.0. The van der Waals surface area contributed by atoms with Crippen molar-refractivity contribution in [2.24, 2.45) is 0 Å². The minimum atomic E-state index is -3.63. The summed E-state index contributed by atoms with van der Waals surface area (Å²) in [6, 6.07) is 10.7. The molecule has 2 aromatic carbocycles. The number of aryl methyl sites for hydroxylation is 1. The standard InChI is InChI=1S/C21H25F2N3O4S/c1-15-9-10-16(31(28,29)26-11-5-2-6-12-26)13-18(15)25-20(27)14-24-17-7-3-4-8-19(17)30-21(22)23/h3-4,7-10,13,21,24H,2,5-6,11-12,14H2,1H3,(H,25,27). The molecule has 0 saturated carbocycles. The second-order valence-electron chi connectivity index (χ2n) is 7.22. The average Bonchev–Trinajstić information content (AvgIpc) is 2.75. The number of hydrogen-bond acceptors (Lipinski definition) is 5. The van der Waals surface area contributed by atoms with Crippen LogP contribution in [0.25, 0.3) is 0 Å². The predicted molar refractivity (Wildman–Crippen MR) is 114 cm³/mol. The molecule has 1 aliphatic heterocycles. The fraction of sp³-hybridized carbons (Fsp3) is 0.381. The molecular formula is C21H25F2N3O4S. The molecule has 1 amide bonds. The van der Waals surface area contributed by atoms with E-state index in [1.54, 1.807) is 25.1 Å². The summed E-state index contributed by atoms with van der Waals surface area (Å²) in [5.41, 5.74) is 1.32. The second-order valence-corrected chi connectivity index (χ2v) is 9.16. The molecule has 1 saturated heterocycles. The topological polar surface area (TPSA) is 87.7 Å². The Morgan fingerprint density at radius 3 is 2.52 bits per heavy atom. The normalized spacial score (nSPS) is 15.0. The van der Waals surface area contributed by atoms with E-state index in [1.165, 1.54) is 28.6 Å². The van der Waals surface area contributed by atoms with Crippen molar-refractivity contribution in [2.45, 2.75) is 37.7 Å². The van der Waals surface area contributed by atoms with E-state index < -0.39 is 22.5 Å². The van der Waals surface area contributed by atoms with Gasteiger partial charge in [0.1, 0.15) is 5.75 Å². The van der Waals surface area contributed by atoms with Gasteiger partial charge in [-0.1, -0.05) is 24.6 Å². The number of amides is 1. The minimum Gasteiger partial charge on any atom is -0.433 e. The number of alkyl halides is 2. The maximum atomic E-state index is 12.9. The number of carbonyl (C=O) groups excluding carboxylic acids is 1. The zero-order chi connectivity index (χ0) is 22.4. The largest absolute Gasteiger partial charge is 0.433 e. The van der Waals surface area contributed by atoms with Crippen LogP contribution in [-0.2, 0) is 14.8 Å². The number of piperidine rings is 1. The van der Waals surface area contributed by atoms with Gasteiger partial charge in [0, 0.05) is 18.8 Å². The summed E-state index contributed by atoms with van der Waals surface area (Å²) in [7, 11) is -3.63. The Balaban J connectivity index is 1.69. The molecule has 0 atom stereocenters. The summed E-state index contributed by atoms with van der Waals surface area (Å²) >= 11 is 0. The van der Waals surface area contributed by atoms with Gasteiger partial charge in [-0.3, -0.25) is 4.79 Å². The molecule has 168 valence electrons. The van der Waals surface area contributed by atoms with Gasteiger partial charge >= 0.3 is 6.61 Å². The van der Waals surface area contributed by atoms with Gasteiger partial charge in [-0.2, -0.15) is 13.1 Å². The Hall–Kier alpha value is -2.72. The summed E-state index contributed by atoms with van der Waals surface area (Å²) in [5, 5.41) is 5.44. The van der Waals surface area contributed by atoms with Crippen LogP contribution < -0.4 is 15.4 Å². The zero-order valence-electron chi connectivity index (χ0n) is 17.1. The first-order chi connectivity index (χ1) is 14.8. The number of anilines is 2. The van der Waals surface area contributed by atoms with Crippen LogP contribution in [0.4, 0.5) is 20.2 Å². The fourth-order valence-corrected chi connectivity index (χ4v) is 4.88. The van der Waals surface area contributed by atoms with Crippen molar-refractivity contribution in [3.05, 3.63) is 48.0 Å². The van der Waals surface area contributed by atoms with Crippen LogP contribution >= 0.6 is 0 Å². The number of halogens is 2. The number of nitrogens with zero attached hydrogens (tertiary/aromatic N) is 1. The minimum absolute atomic E-state index is 0.0731. The van der Waals surface area contributed by atoms with E-state index in [-0.39, 0.29) is 22.9 Å².